The van der Waals surface area contributed by atoms with Gasteiger partial charge in [-0.1, -0.05) is 93.0 Å². The van der Waals surface area contributed by atoms with Crippen LogP contribution in [0.5, 0.6) is 11.5 Å². The van der Waals surface area contributed by atoms with Crippen molar-refractivity contribution in [3.05, 3.63) is 124 Å². The topological polar surface area (TPSA) is 89.1 Å². The Labute approximate surface area is 311 Å². The molecule has 2 N–H and O–H groups in total. The summed E-state index contributed by atoms with van der Waals surface area (Å²) in [5, 5.41) is 6.68. The van der Waals surface area contributed by atoms with Gasteiger partial charge in [-0.05, 0) is 67.1 Å². The van der Waals surface area contributed by atoms with Crippen LogP contribution in [-0.4, -0.2) is 51.3 Å². The zero-order valence-corrected chi connectivity index (χ0v) is 31.2. The summed E-state index contributed by atoms with van der Waals surface area (Å²) < 4.78 is 33.1. The first-order valence-corrected chi connectivity index (χ1v) is 18.2. The summed E-state index contributed by atoms with van der Waals surface area (Å²) >= 11 is 6.58. The molecule has 0 bridgehead atoms. The molecular formula is C42H49ClFN3O5. The largest absolute Gasteiger partial charge is 0.492 e. The molecule has 1 aliphatic heterocycles. The van der Waals surface area contributed by atoms with Crippen LogP contribution in [0.4, 0.5) is 10.1 Å². The molecule has 0 fully saturated rings. The van der Waals surface area contributed by atoms with E-state index in [4.69, 9.17) is 25.8 Å². The number of rotatable bonds is 16. The van der Waals surface area contributed by atoms with Gasteiger partial charge in [-0.3, -0.25) is 9.59 Å². The number of amides is 2. The van der Waals surface area contributed by atoms with Gasteiger partial charge in [-0.25, -0.2) is 4.39 Å². The van der Waals surface area contributed by atoms with Crippen LogP contribution in [0.2, 0.25) is 5.02 Å². The fourth-order valence-electron chi connectivity index (χ4n) is 6.31. The molecule has 4 aromatic rings. The molecule has 1 aliphatic rings. The Kier molecular flexibility index (Phi) is 13.7. The number of carbonyl (C=O) groups is 2. The molecule has 8 nitrogen and oxygen atoms in total. The molecule has 4 aromatic carbocycles. The molecule has 0 aliphatic carbocycles. The van der Waals surface area contributed by atoms with Crippen LogP contribution < -0.4 is 25.0 Å². The molecule has 0 saturated carbocycles. The van der Waals surface area contributed by atoms with E-state index in [1.807, 2.05) is 51.1 Å². The van der Waals surface area contributed by atoms with Crippen LogP contribution in [0.3, 0.4) is 0 Å². The lowest BCUT2D eigenvalue weighted by molar-refractivity contribution is -0.138. The van der Waals surface area contributed by atoms with E-state index in [9.17, 15) is 14.0 Å². The van der Waals surface area contributed by atoms with E-state index in [2.05, 4.69) is 34.9 Å². The lowest BCUT2D eigenvalue weighted by Gasteiger charge is -2.31. The normalized spacial score (nSPS) is 15.9. The lowest BCUT2D eigenvalue weighted by atomic mass is 9.94. The fraction of sp³-hybridized carbons (Fsp3) is 0.381. The highest BCUT2D eigenvalue weighted by atomic mass is 35.5. The molecule has 5 rings (SSSR count). The average molecular weight is 730 g/mol. The van der Waals surface area contributed by atoms with Gasteiger partial charge in [0, 0.05) is 47.0 Å². The van der Waals surface area contributed by atoms with E-state index in [1.165, 1.54) is 11.6 Å². The van der Waals surface area contributed by atoms with E-state index in [1.54, 1.807) is 42.3 Å². The Morgan fingerprint density at radius 2 is 1.71 bits per heavy atom. The second-order valence-electron chi connectivity index (χ2n) is 14.2. The van der Waals surface area contributed by atoms with Crippen LogP contribution in [-0.2, 0) is 27.3 Å². The van der Waals surface area contributed by atoms with Crippen molar-refractivity contribution in [3.63, 3.8) is 0 Å². The minimum Gasteiger partial charge on any atom is -0.492 e. The first-order chi connectivity index (χ1) is 25.0. The molecule has 10 heteroatoms. The lowest BCUT2D eigenvalue weighted by Crippen LogP contribution is -2.45. The van der Waals surface area contributed by atoms with E-state index >= 15 is 0 Å². The molecule has 0 spiro atoms. The van der Waals surface area contributed by atoms with Crippen molar-refractivity contribution in [2.75, 3.05) is 38.3 Å². The number of ether oxygens (including phenoxy) is 3. The quantitative estimate of drug-likeness (QED) is 0.114. The molecule has 0 aromatic heterocycles. The summed E-state index contributed by atoms with van der Waals surface area (Å²) in [7, 11) is 1.57. The third-order valence-corrected chi connectivity index (χ3v) is 9.02. The van der Waals surface area contributed by atoms with Gasteiger partial charge in [-0.15, -0.1) is 0 Å². The molecule has 0 saturated heterocycles. The molecule has 0 radical (unpaired) electrons. The number of hydrogen-bond donors (Lipinski definition) is 2. The zero-order chi connectivity index (χ0) is 37.1. The Hall–Kier alpha value is -4.44. The maximum Gasteiger partial charge on any atom is 0.256 e. The van der Waals surface area contributed by atoms with Crippen LogP contribution in [0.15, 0.2) is 91.0 Å². The second kappa shape index (κ2) is 18.4. The number of aryl methyl sites for hydroxylation is 1. The Morgan fingerprint density at radius 1 is 0.942 bits per heavy atom. The number of hydrogen-bond acceptors (Lipinski definition) is 6. The summed E-state index contributed by atoms with van der Waals surface area (Å²) in [4.78, 5) is 29.4. The number of fused-ring (bicyclic) bond motifs is 1. The highest BCUT2D eigenvalue weighted by Crippen LogP contribution is 2.45. The number of benzene rings is 4. The molecule has 2 amide bonds. The number of anilines is 1. The zero-order valence-electron chi connectivity index (χ0n) is 30.4. The third kappa shape index (κ3) is 10.6. The number of nitrogens with one attached hydrogen (secondary N) is 2. The average Bonchev–Trinajstić information content (AvgIpc) is 3.22. The summed E-state index contributed by atoms with van der Waals surface area (Å²) in [6, 6.07) is 27.6. The van der Waals surface area contributed by atoms with Gasteiger partial charge in [0.25, 0.3) is 5.91 Å². The number of carbonyl (C=O) groups excluding carboxylic acids is 2. The third-order valence-electron chi connectivity index (χ3n) is 8.79. The van der Waals surface area contributed by atoms with Gasteiger partial charge < -0.3 is 29.7 Å². The van der Waals surface area contributed by atoms with Crippen molar-refractivity contribution in [1.29, 1.82) is 0 Å². The van der Waals surface area contributed by atoms with E-state index in [0.29, 0.717) is 58.6 Å². The van der Waals surface area contributed by atoms with Crippen molar-refractivity contribution in [2.45, 2.75) is 65.2 Å². The first-order valence-electron chi connectivity index (χ1n) is 17.8. The number of halogens is 2. The minimum atomic E-state index is -1.17. The summed E-state index contributed by atoms with van der Waals surface area (Å²) in [6.45, 7) is 8.41. The molecule has 2 atom stereocenters. The Morgan fingerprint density at radius 3 is 2.46 bits per heavy atom. The van der Waals surface area contributed by atoms with Gasteiger partial charge >= 0.3 is 0 Å². The van der Waals surface area contributed by atoms with Gasteiger partial charge in [0.05, 0.1) is 13.5 Å². The predicted molar refractivity (Wildman–Crippen MR) is 204 cm³/mol. The SMILES string of the molecule is COc1c(OCCNCCCCc2ccccc2)cccc1[C@@H]1O[C@@H](CC(=O)NCc2ccccc2F)C(=O)N(CC(C)(C)C)c2ccc(Cl)cc21. The predicted octanol–water partition coefficient (Wildman–Crippen LogP) is 8.05. The standard InChI is InChI=1S/C42H49ClFN3O5/c1-42(2,3)28-47-35-21-20-31(43)25-33(35)39(52-37(41(47)49)26-38(48)46-27-30-16-8-9-18-34(30)44)32-17-12-19-36(40(32)50-4)51-24-23-45-22-11-10-15-29-13-6-5-7-14-29/h5-9,12-14,16-21,25,37,39,45H,10-11,15,22-24,26-28H2,1-4H3,(H,46,48)/t37-,39-/m0/s1. The first kappa shape index (κ1) is 38.8. The summed E-state index contributed by atoms with van der Waals surface area (Å²) in [5.74, 6) is -0.239. The number of methoxy groups -OCH3 is 1. The van der Waals surface area contributed by atoms with Crippen molar-refractivity contribution in [2.24, 2.45) is 5.41 Å². The molecule has 1 heterocycles. The van der Waals surface area contributed by atoms with Crippen molar-refractivity contribution in [3.8, 4) is 11.5 Å². The Bertz CT molecular complexity index is 1800. The maximum absolute atomic E-state index is 14.3. The Balaban J connectivity index is 1.35. The summed E-state index contributed by atoms with van der Waals surface area (Å²) in [5.41, 5.74) is 3.32. The van der Waals surface area contributed by atoms with Gasteiger partial charge in [0.15, 0.2) is 11.5 Å². The maximum atomic E-state index is 14.3. The number of unbranched alkanes of at least 4 members (excludes halogenated alkanes) is 1. The molecule has 276 valence electrons. The van der Waals surface area contributed by atoms with E-state index < -0.39 is 23.9 Å². The van der Waals surface area contributed by atoms with Gasteiger partial charge in [0.1, 0.15) is 24.6 Å². The van der Waals surface area contributed by atoms with Gasteiger partial charge in [0.2, 0.25) is 5.91 Å². The molecular weight excluding hydrogens is 681 g/mol. The van der Waals surface area contributed by atoms with Crippen LogP contribution in [0.25, 0.3) is 0 Å². The fourth-order valence-corrected chi connectivity index (χ4v) is 6.49. The minimum absolute atomic E-state index is 0.0207. The van der Waals surface area contributed by atoms with E-state index in [-0.39, 0.29) is 24.3 Å². The highest BCUT2D eigenvalue weighted by Gasteiger charge is 2.40. The summed E-state index contributed by atoms with van der Waals surface area (Å²) in [6.07, 6.45) is 0.931. The van der Waals surface area contributed by atoms with Crippen molar-refractivity contribution in [1.82, 2.24) is 10.6 Å². The molecule has 52 heavy (non-hydrogen) atoms. The monoisotopic (exact) mass is 729 g/mol. The highest BCUT2D eigenvalue weighted by molar-refractivity contribution is 6.30. The van der Waals surface area contributed by atoms with Crippen molar-refractivity contribution < 1.29 is 28.2 Å². The molecule has 0 unspecified atom stereocenters. The number of para-hydroxylation sites is 1. The van der Waals surface area contributed by atoms with E-state index in [0.717, 1.165) is 25.8 Å². The smallest absolute Gasteiger partial charge is 0.256 e. The van der Waals surface area contributed by atoms with Crippen molar-refractivity contribution >= 4 is 29.1 Å². The van der Waals surface area contributed by atoms with Crippen LogP contribution in [0, 0.1) is 11.2 Å². The van der Waals surface area contributed by atoms with Crippen LogP contribution in [0.1, 0.15) is 68.4 Å². The second-order valence-corrected chi connectivity index (χ2v) is 14.6. The van der Waals surface area contributed by atoms with Crippen LogP contribution >= 0.6 is 11.6 Å². The number of nitrogens with zero attached hydrogens (tertiary/aromatic N) is 1. The van der Waals surface area contributed by atoms with Gasteiger partial charge in [-0.2, -0.15) is 0 Å².